The van der Waals surface area contributed by atoms with Gasteiger partial charge in [-0.25, -0.2) is 5.43 Å². The molecule has 1 heterocycles. The number of hydrogen-bond acceptors (Lipinski definition) is 4. The Morgan fingerprint density at radius 1 is 1.17 bits per heavy atom. The maximum atomic E-state index is 12.6. The smallest absolute Gasteiger partial charge is 0.276 e. The van der Waals surface area contributed by atoms with Crippen molar-refractivity contribution >= 4 is 23.7 Å². The topological polar surface area (TPSA) is 72.7 Å². The number of carbonyl (C=O) groups excluding carboxylic acids is 1. The van der Waals surface area contributed by atoms with E-state index in [4.69, 9.17) is 16.3 Å². The lowest BCUT2D eigenvalue weighted by molar-refractivity contribution is 0.0953. The van der Waals surface area contributed by atoms with Gasteiger partial charge in [-0.05, 0) is 47.9 Å². The molecule has 0 spiro atoms. The van der Waals surface area contributed by atoms with E-state index in [-0.39, 0.29) is 11.1 Å². The van der Waals surface area contributed by atoms with Gasteiger partial charge in [0.15, 0.2) is 0 Å². The van der Waals surface area contributed by atoms with Crippen LogP contribution in [0.5, 0.6) is 5.75 Å². The summed E-state index contributed by atoms with van der Waals surface area (Å²) in [5, 5.41) is 4.40. The molecule has 30 heavy (non-hydrogen) atoms. The molecule has 0 bridgehead atoms. The summed E-state index contributed by atoms with van der Waals surface area (Å²) in [6, 6.07) is 17.9. The highest BCUT2D eigenvalue weighted by atomic mass is 35.5. The fourth-order valence-corrected chi connectivity index (χ4v) is 3.01. The molecule has 0 aliphatic rings. The highest BCUT2D eigenvalue weighted by Gasteiger charge is 2.11. The first-order chi connectivity index (χ1) is 14.6. The Morgan fingerprint density at radius 2 is 1.97 bits per heavy atom. The second-order valence-corrected chi connectivity index (χ2v) is 6.99. The van der Waals surface area contributed by atoms with Crippen LogP contribution in [-0.2, 0) is 6.54 Å². The van der Waals surface area contributed by atoms with Gasteiger partial charge in [0.1, 0.15) is 11.3 Å². The molecular weight excluding hydrogens is 402 g/mol. The third-order valence-electron chi connectivity index (χ3n) is 4.26. The van der Waals surface area contributed by atoms with Gasteiger partial charge in [-0.1, -0.05) is 48.9 Å². The SMILES string of the molecule is CCCOc1ccc(/C=N\NC(=O)c2cccn(Cc3ccccc3)c2=O)cc1Cl. The maximum Gasteiger partial charge on any atom is 0.276 e. The van der Waals surface area contributed by atoms with Crippen molar-refractivity contribution in [2.75, 3.05) is 6.61 Å². The van der Waals surface area contributed by atoms with Crippen LogP contribution in [0.1, 0.15) is 34.8 Å². The van der Waals surface area contributed by atoms with Crippen molar-refractivity contribution in [1.82, 2.24) is 9.99 Å². The van der Waals surface area contributed by atoms with Crippen LogP contribution in [0.3, 0.4) is 0 Å². The molecule has 0 radical (unpaired) electrons. The fourth-order valence-electron chi connectivity index (χ4n) is 2.77. The number of hydrazone groups is 1. The molecule has 0 unspecified atom stereocenters. The number of halogens is 1. The summed E-state index contributed by atoms with van der Waals surface area (Å²) in [6.07, 6.45) is 4.00. The van der Waals surface area contributed by atoms with Crippen LogP contribution in [0, 0.1) is 0 Å². The average molecular weight is 424 g/mol. The zero-order chi connectivity index (χ0) is 21.3. The number of aromatic nitrogens is 1. The van der Waals surface area contributed by atoms with Crippen LogP contribution in [0.25, 0.3) is 0 Å². The van der Waals surface area contributed by atoms with E-state index in [1.54, 1.807) is 30.5 Å². The maximum absolute atomic E-state index is 12.6. The number of amides is 1. The van der Waals surface area contributed by atoms with Crippen molar-refractivity contribution in [3.05, 3.63) is 98.9 Å². The van der Waals surface area contributed by atoms with E-state index in [0.29, 0.717) is 29.5 Å². The monoisotopic (exact) mass is 423 g/mol. The molecule has 1 N–H and O–H groups in total. The van der Waals surface area contributed by atoms with Crippen molar-refractivity contribution in [2.45, 2.75) is 19.9 Å². The van der Waals surface area contributed by atoms with Crippen molar-refractivity contribution in [3.8, 4) is 5.75 Å². The third-order valence-corrected chi connectivity index (χ3v) is 4.55. The highest BCUT2D eigenvalue weighted by Crippen LogP contribution is 2.25. The van der Waals surface area contributed by atoms with Gasteiger partial charge in [-0.2, -0.15) is 5.10 Å². The third kappa shape index (κ3) is 5.58. The van der Waals surface area contributed by atoms with E-state index in [0.717, 1.165) is 12.0 Å². The lowest BCUT2D eigenvalue weighted by atomic mass is 10.2. The molecule has 3 aromatic rings. The Balaban J connectivity index is 1.67. The average Bonchev–Trinajstić information content (AvgIpc) is 2.75. The minimum Gasteiger partial charge on any atom is -0.492 e. The van der Waals surface area contributed by atoms with E-state index >= 15 is 0 Å². The van der Waals surface area contributed by atoms with E-state index in [9.17, 15) is 9.59 Å². The summed E-state index contributed by atoms with van der Waals surface area (Å²) in [7, 11) is 0. The van der Waals surface area contributed by atoms with Crippen LogP contribution in [-0.4, -0.2) is 23.3 Å². The molecule has 0 aliphatic heterocycles. The predicted molar refractivity (Wildman–Crippen MR) is 119 cm³/mol. The van der Waals surface area contributed by atoms with Gasteiger partial charge in [0.2, 0.25) is 0 Å². The van der Waals surface area contributed by atoms with Gasteiger partial charge in [-0.15, -0.1) is 0 Å². The summed E-state index contributed by atoms with van der Waals surface area (Å²) in [6.45, 7) is 2.98. The van der Waals surface area contributed by atoms with Crippen LogP contribution >= 0.6 is 11.6 Å². The number of ether oxygens (including phenoxy) is 1. The van der Waals surface area contributed by atoms with Crippen LogP contribution in [0.15, 0.2) is 76.8 Å². The first kappa shape index (κ1) is 21.3. The molecule has 3 rings (SSSR count). The van der Waals surface area contributed by atoms with Crippen molar-refractivity contribution < 1.29 is 9.53 Å². The number of nitrogens with zero attached hydrogens (tertiary/aromatic N) is 2. The van der Waals surface area contributed by atoms with E-state index < -0.39 is 5.91 Å². The van der Waals surface area contributed by atoms with Crippen LogP contribution < -0.4 is 15.7 Å². The number of benzene rings is 2. The number of nitrogens with one attached hydrogen (secondary N) is 1. The number of rotatable bonds is 8. The lowest BCUT2D eigenvalue weighted by Crippen LogP contribution is -2.30. The molecule has 1 aromatic heterocycles. The van der Waals surface area contributed by atoms with Crippen molar-refractivity contribution in [1.29, 1.82) is 0 Å². The Labute approximate surface area is 179 Å². The van der Waals surface area contributed by atoms with Crippen molar-refractivity contribution in [2.24, 2.45) is 5.10 Å². The Hall–Kier alpha value is -3.38. The normalized spacial score (nSPS) is 10.9. The van der Waals surface area contributed by atoms with Gasteiger partial charge in [0, 0.05) is 6.20 Å². The molecule has 0 fully saturated rings. The minimum atomic E-state index is -0.576. The Kier molecular flexibility index (Phi) is 7.40. The van der Waals surface area contributed by atoms with Crippen LogP contribution in [0.4, 0.5) is 0 Å². The van der Waals surface area contributed by atoms with Gasteiger partial charge in [-0.3, -0.25) is 9.59 Å². The summed E-state index contributed by atoms with van der Waals surface area (Å²) in [5.74, 6) is 0.0237. The van der Waals surface area contributed by atoms with E-state index in [1.165, 1.54) is 16.8 Å². The van der Waals surface area contributed by atoms with Crippen molar-refractivity contribution in [3.63, 3.8) is 0 Å². The van der Waals surface area contributed by atoms with Gasteiger partial charge < -0.3 is 9.30 Å². The number of carbonyl (C=O) groups is 1. The first-order valence-electron chi connectivity index (χ1n) is 9.57. The molecular formula is C23H22ClN3O3. The zero-order valence-corrected chi connectivity index (χ0v) is 17.3. The summed E-state index contributed by atoms with van der Waals surface area (Å²) < 4.78 is 7.01. The summed E-state index contributed by atoms with van der Waals surface area (Å²) >= 11 is 6.19. The molecule has 7 heteroatoms. The molecule has 154 valence electrons. The molecule has 0 atom stereocenters. The Bertz CT molecular complexity index is 1090. The fraction of sp³-hybridized carbons (Fsp3) is 0.174. The lowest BCUT2D eigenvalue weighted by Gasteiger charge is -2.08. The molecule has 0 aliphatic carbocycles. The van der Waals surface area contributed by atoms with Gasteiger partial charge in [0.25, 0.3) is 11.5 Å². The predicted octanol–water partition coefficient (Wildman–Crippen LogP) is 4.10. The molecule has 0 saturated carbocycles. The molecule has 2 aromatic carbocycles. The molecule has 0 saturated heterocycles. The second kappa shape index (κ2) is 10.4. The number of hydrogen-bond donors (Lipinski definition) is 1. The molecule has 6 nitrogen and oxygen atoms in total. The van der Waals surface area contributed by atoms with Crippen LogP contribution in [0.2, 0.25) is 5.02 Å². The highest BCUT2D eigenvalue weighted by molar-refractivity contribution is 6.32. The zero-order valence-electron chi connectivity index (χ0n) is 16.5. The standard InChI is InChI=1S/C23H22ClN3O3/c1-2-13-30-21-11-10-18(14-20(21)24)15-25-26-22(28)19-9-6-12-27(23(19)29)16-17-7-4-3-5-8-17/h3-12,14-15H,2,13,16H2,1H3,(H,26,28)/b25-15-. The van der Waals surface area contributed by atoms with Gasteiger partial charge >= 0.3 is 0 Å². The second-order valence-electron chi connectivity index (χ2n) is 6.58. The summed E-state index contributed by atoms with van der Waals surface area (Å²) in [5.41, 5.74) is 3.69. The van der Waals surface area contributed by atoms with E-state index in [2.05, 4.69) is 10.5 Å². The first-order valence-corrected chi connectivity index (χ1v) is 9.95. The summed E-state index contributed by atoms with van der Waals surface area (Å²) in [4.78, 5) is 25.1. The quantitative estimate of drug-likeness (QED) is 0.438. The molecule has 1 amide bonds. The largest absolute Gasteiger partial charge is 0.492 e. The number of pyridine rings is 1. The van der Waals surface area contributed by atoms with Gasteiger partial charge in [0.05, 0.1) is 24.4 Å². The minimum absolute atomic E-state index is 0.0203. The Morgan fingerprint density at radius 3 is 2.70 bits per heavy atom. The van der Waals surface area contributed by atoms with E-state index in [1.807, 2.05) is 37.3 Å².